The van der Waals surface area contributed by atoms with Crippen molar-refractivity contribution in [3.63, 3.8) is 0 Å². The summed E-state index contributed by atoms with van der Waals surface area (Å²) in [5, 5.41) is 4.51. The number of unbranched alkanes of at least 4 members (excludes halogenated alkanes) is 1. The van der Waals surface area contributed by atoms with Crippen LogP contribution in [0.15, 0.2) is 58.3 Å². The smallest absolute Gasteiger partial charge is 0.261 e. The summed E-state index contributed by atoms with van der Waals surface area (Å²) in [5.41, 5.74) is 4.88. The fourth-order valence-corrected chi connectivity index (χ4v) is 3.61. The van der Waals surface area contributed by atoms with Crippen molar-refractivity contribution < 1.29 is 0 Å². The zero-order chi connectivity index (χ0) is 19.3. The molecule has 4 heteroatoms. The third-order valence-corrected chi connectivity index (χ3v) is 5.09. The van der Waals surface area contributed by atoms with Gasteiger partial charge in [0.25, 0.3) is 5.56 Å². The summed E-state index contributed by atoms with van der Waals surface area (Å²) in [6.07, 6.45) is 8.00. The van der Waals surface area contributed by atoms with Gasteiger partial charge in [0.05, 0.1) is 23.3 Å². The number of nitrogens with zero attached hydrogens (tertiary/aromatic N) is 2. The van der Waals surface area contributed by atoms with Gasteiger partial charge in [0.1, 0.15) is 0 Å². The number of aromatic nitrogens is 1. The molecule has 0 radical (unpaired) electrons. The first-order valence-electron chi connectivity index (χ1n) is 9.95. The van der Waals surface area contributed by atoms with E-state index in [0.29, 0.717) is 12.1 Å². The number of pyridine rings is 1. The molecule has 0 spiro atoms. The molecule has 0 saturated carbocycles. The Hall–Kier alpha value is -3.14. The van der Waals surface area contributed by atoms with Crippen molar-refractivity contribution in [1.29, 1.82) is 0 Å². The Balaban J connectivity index is 1.86. The predicted octanol–water partition coefficient (Wildman–Crippen LogP) is 4.82. The van der Waals surface area contributed by atoms with E-state index in [1.165, 1.54) is 5.56 Å². The van der Waals surface area contributed by atoms with Crippen LogP contribution in [0, 0.1) is 0 Å². The average Bonchev–Trinajstić information content (AvgIpc) is 2.99. The molecular formula is C24H25N3O. The number of anilines is 1. The molecule has 0 aliphatic carbocycles. The molecule has 28 heavy (non-hydrogen) atoms. The van der Waals surface area contributed by atoms with Crippen molar-refractivity contribution in [3.05, 3.63) is 75.6 Å². The van der Waals surface area contributed by atoms with Gasteiger partial charge in [-0.25, -0.2) is 0 Å². The Labute approximate surface area is 165 Å². The Bertz CT molecular complexity index is 1090. The number of hydrogen-bond acceptors (Lipinski definition) is 3. The Kier molecular flexibility index (Phi) is 5.38. The highest BCUT2D eigenvalue weighted by molar-refractivity contribution is 6.02. The minimum absolute atomic E-state index is 0.0432. The van der Waals surface area contributed by atoms with Gasteiger partial charge in [-0.15, -0.1) is 0 Å². The van der Waals surface area contributed by atoms with Gasteiger partial charge in [-0.2, -0.15) is 0 Å². The molecule has 0 fully saturated rings. The minimum atomic E-state index is 0.0432. The average molecular weight is 371 g/mol. The maximum atomic E-state index is 13.1. The summed E-state index contributed by atoms with van der Waals surface area (Å²) < 4.78 is 1.90. The third kappa shape index (κ3) is 3.63. The number of fused-ring (bicyclic) bond motifs is 3. The quantitative estimate of drug-likeness (QED) is 0.654. The van der Waals surface area contributed by atoms with Crippen LogP contribution in [0.4, 0.5) is 5.69 Å². The number of nitrogens with one attached hydrogen (secondary N) is 1. The monoisotopic (exact) mass is 371 g/mol. The summed E-state index contributed by atoms with van der Waals surface area (Å²) in [4.78, 5) is 17.5. The van der Waals surface area contributed by atoms with Crippen LogP contribution in [0.2, 0.25) is 0 Å². The van der Waals surface area contributed by atoms with Crippen LogP contribution in [-0.2, 0) is 6.54 Å². The lowest BCUT2D eigenvalue weighted by Gasteiger charge is -2.16. The molecule has 142 valence electrons. The number of rotatable bonds is 5. The SMILES string of the molecule is CCCCn1c(=O)c2c(c3cc(C=Cc4ccccc4)ccc31)NCCN=C2. The van der Waals surface area contributed by atoms with Crippen molar-refractivity contribution in [2.45, 2.75) is 26.3 Å². The zero-order valence-corrected chi connectivity index (χ0v) is 16.2. The fourth-order valence-electron chi connectivity index (χ4n) is 3.61. The lowest BCUT2D eigenvalue weighted by Crippen LogP contribution is -2.25. The summed E-state index contributed by atoms with van der Waals surface area (Å²) in [6.45, 7) is 4.29. The lowest BCUT2D eigenvalue weighted by atomic mass is 10.0. The van der Waals surface area contributed by atoms with E-state index in [1.807, 2.05) is 22.8 Å². The molecule has 1 aliphatic heterocycles. The van der Waals surface area contributed by atoms with Crippen LogP contribution in [0.3, 0.4) is 0 Å². The molecular weight excluding hydrogens is 346 g/mol. The summed E-state index contributed by atoms with van der Waals surface area (Å²) in [6, 6.07) is 16.6. The summed E-state index contributed by atoms with van der Waals surface area (Å²) in [7, 11) is 0. The van der Waals surface area contributed by atoms with E-state index in [9.17, 15) is 4.79 Å². The maximum Gasteiger partial charge on any atom is 0.261 e. The van der Waals surface area contributed by atoms with Crippen molar-refractivity contribution in [2.24, 2.45) is 4.99 Å². The van der Waals surface area contributed by atoms with Crippen molar-refractivity contribution >= 4 is 35.0 Å². The second-order valence-corrected chi connectivity index (χ2v) is 7.08. The summed E-state index contributed by atoms with van der Waals surface area (Å²) >= 11 is 0. The molecule has 4 nitrogen and oxygen atoms in total. The molecule has 0 bridgehead atoms. The van der Waals surface area contributed by atoms with Gasteiger partial charge in [-0.1, -0.05) is 61.9 Å². The molecule has 0 amide bonds. The Morgan fingerprint density at radius 1 is 1.11 bits per heavy atom. The van der Waals surface area contributed by atoms with Gasteiger partial charge in [0.2, 0.25) is 0 Å². The molecule has 1 aliphatic rings. The molecule has 2 aromatic carbocycles. The molecule has 0 saturated heterocycles. The van der Waals surface area contributed by atoms with E-state index in [-0.39, 0.29) is 5.56 Å². The Morgan fingerprint density at radius 2 is 1.93 bits per heavy atom. The molecule has 1 N–H and O–H groups in total. The second kappa shape index (κ2) is 8.26. The topological polar surface area (TPSA) is 46.4 Å². The standard InChI is InChI=1S/C24H25N3O/c1-2-3-15-27-22-12-11-19(10-9-18-7-5-4-6-8-18)16-20(22)23-21(24(27)28)17-25-13-14-26-23/h4-12,16-17,26H,2-3,13-15H2,1H3. The number of hydrogen-bond donors (Lipinski definition) is 1. The van der Waals surface area contributed by atoms with Crippen LogP contribution in [0.1, 0.15) is 36.5 Å². The first kappa shape index (κ1) is 18.2. The van der Waals surface area contributed by atoms with Gasteiger partial charge < -0.3 is 9.88 Å². The highest BCUT2D eigenvalue weighted by Crippen LogP contribution is 2.27. The Morgan fingerprint density at radius 3 is 2.75 bits per heavy atom. The van der Waals surface area contributed by atoms with E-state index < -0.39 is 0 Å². The van der Waals surface area contributed by atoms with Crippen molar-refractivity contribution in [2.75, 3.05) is 18.4 Å². The molecule has 3 aromatic rings. The van der Waals surface area contributed by atoms with E-state index in [4.69, 9.17) is 0 Å². The van der Waals surface area contributed by atoms with E-state index in [1.54, 1.807) is 6.21 Å². The van der Waals surface area contributed by atoms with Gasteiger partial charge in [0.15, 0.2) is 0 Å². The third-order valence-electron chi connectivity index (χ3n) is 5.09. The van der Waals surface area contributed by atoms with Crippen LogP contribution >= 0.6 is 0 Å². The maximum absolute atomic E-state index is 13.1. The normalized spacial score (nSPS) is 13.5. The highest BCUT2D eigenvalue weighted by atomic mass is 16.1. The van der Waals surface area contributed by atoms with Gasteiger partial charge in [0, 0.05) is 24.7 Å². The fraction of sp³-hybridized carbons (Fsp3) is 0.250. The van der Waals surface area contributed by atoms with Crippen LogP contribution in [0.25, 0.3) is 23.1 Å². The first-order chi connectivity index (χ1) is 13.8. The van der Waals surface area contributed by atoms with Crippen LogP contribution in [-0.4, -0.2) is 23.9 Å². The molecule has 4 rings (SSSR count). The van der Waals surface area contributed by atoms with Crippen LogP contribution < -0.4 is 10.9 Å². The van der Waals surface area contributed by atoms with Crippen molar-refractivity contribution in [1.82, 2.24) is 4.57 Å². The molecule has 1 aromatic heterocycles. The largest absolute Gasteiger partial charge is 0.382 e. The van der Waals surface area contributed by atoms with E-state index >= 15 is 0 Å². The zero-order valence-electron chi connectivity index (χ0n) is 16.2. The molecule has 0 unspecified atom stereocenters. The molecule has 2 heterocycles. The number of benzene rings is 2. The minimum Gasteiger partial charge on any atom is -0.382 e. The van der Waals surface area contributed by atoms with Gasteiger partial charge in [-0.3, -0.25) is 9.79 Å². The second-order valence-electron chi connectivity index (χ2n) is 7.08. The van der Waals surface area contributed by atoms with E-state index in [2.05, 4.69) is 59.7 Å². The van der Waals surface area contributed by atoms with E-state index in [0.717, 1.165) is 48.1 Å². The number of aliphatic imine (C=N–C) groups is 1. The van der Waals surface area contributed by atoms with Crippen LogP contribution in [0.5, 0.6) is 0 Å². The van der Waals surface area contributed by atoms with Gasteiger partial charge >= 0.3 is 0 Å². The highest BCUT2D eigenvalue weighted by Gasteiger charge is 2.16. The summed E-state index contributed by atoms with van der Waals surface area (Å²) in [5.74, 6) is 0. The lowest BCUT2D eigenvalue weighted by molar-refractivity contribution is 0.631. The predicted molar refractivity (Wildman–Crippen MR) is 119 cm³/mol. The number of aryl methyl sites for hydroxylation is 1. The molecule has 0 atom stereocenters. The first-order valence-corrected chi connectivity index (χ1v) is 9.95. The van der Waals surface area contributed by atoms with Crippen molar-refractivity contribution in [3.8, 4) is 0 Å². The van der Waals surface area contributed by atoms with Gasteiger partial charge in [-0.05, 0) is 29.7 Å².